The number of rotatable bonds is 9. The maximum Gasteiger partial charge on any atom is 0.251 e. The number of likely N-dealkylation sites (tertiary alicyclic amines) is 1. The first-order chi connectivity index (χ1) is 19.1. The van der Waals surface area contributed by atoms with Crippen LogP contribution in [0.2, 0.25) is 0 Å². The summed E-state index contributed by atoms with van der Waals surface area (Å²) in [5, 5.41) is 6.24. The van der Waals surface area contributed by atoms with Crippen LogP contribution in [0.3, 0.4) is 0 Å². The molecule has 0 aromatic heterocycles. The third-order valence-corrected chi connectivity index (χ3v) is 8.06. The molecule has 39 heavy (non-hydrogen) atoms. The van der Waals surface area contributed by atoms with Gasteiger partial charge in [0, 0.05) is 63.8 Å². The largest absolute Gasteiger partial charge is 0.387 e. The molecule has 0 atom stereocenters. The zero-order chi connectivity index (χ0) is 26.9. The van der Waals surface area contributed by atoms with Crippen LogP contribution in [0.15, 0.2) is 78.5 Å². The van der Waals surface area contributed by atoms with E-state index in [2.05, 4.69) is 55.7 Å². The molecule has 2 amide bonds. The maximum atomic E-state index is 13.2. The van der Waals surface area contributed by atoms with Crippen molar-refractivity contribution in [3.05, 3.63) is 95.2 Å². The van der Waals surface area contributed by atoms with Crippen LogP contribution in [0, 0.1) is 5.92 Å². The molecule has 2 aromatic rings. The van der Waals surface area contributed by atoms with Gasteiger partial charge in [0.2, 0.25) is 5.91 Å². The molecular formula is C32H41N5O2. The van der Waals surface area contributed by atoms with E-state index in [0.29, 0.717) is 18.0 Å². The minimum absolute atomic E-state index is 0.0295. The topological polar surface area (TPSA) is 67.9 Å². The summed E-state index contributed by atoms with van der Waals surface area (Å²) < 4.78 is 0. The van der Waals surface area contributed by atoms with Gasteiger partial charge in [0.15, 0.2) is 0 Å². The van der Waals surface area contributed by atoms with E-state index in [-0.39, 0.29) is 11.8 Å². The summed E-state index contributed by atoms with van der Waals surface area (Å²) >= 11 is 0. The van der Waals surface area contributed by atoms with Crippen molar-refractivity contribution in [3.8, 4) is 0 Å². The van der Waals surface area contributed by atoms with Crippen molar-refractivity contribution in [1.29, 1.82) is 0 Å². The quantitative estimate of drug-likeness (QED) is 0.525. The Morgan fingerprint density at radius 1 is 0.846 bits per heavy atom. The minimum Gasteiger partial charge on any atom is -0.387 e. The van der Waals surface area contributed by atoms with Crippen LogP contribution in [0.5, 0.6) is 0 Å². The highest BCUT2D eigenvalue weighted by atomic mass is 16.2. The second-order valence-corrected chi connectivity index (χ2v) is 10.9. The molecule has 0 radical (unpaired) electrons. The maximum absolute atomic E-state index is 13.2. The lowest BCUT2D eigenvalue weighted by Crippen LogP contribution is -2.51. The molecule has 7 nitrogen and oxygen atoms in total. The average Bonchev–Trinajstić information content (AvgIpc) is 2.99. The van der Waals surface area contributed by atoms with Gasteiger partial charge in [-0.15, -0.1) is 0 Å². The Morgan fingerprint density at radius 2 is 1.59 bits per heavy atom. The normalized spacial score (nSPS) is 18.9. The Kier molecular flexibility index (Phi) is 9.46. The van der Waals surface area contributed by atoms with Gasteiger partial charge in [-0.05, 0) is 73.5 Å². The van der Waals surface area contributed by atoms with Gasteiger partial charge >= 0.3 is 0 Å². The van der Waals surface area contributed by atoms with Crippen molar-refractivity contribution >= 4 is 11.8 Å². The highest BCUT2D eigenvalue weighted by molar-refractivity contribution is 5.94. The number of piperazine rings is 1. The standard InChI is InChI=1S/C32H41N5O2/c38-31(34-16-11-26-5-2-1-3-6-26)30-8-4-7-28(23-30)25-36-19-21-37(22-20-36)32(39)29-12-17-35(18-13-29)24-27-9-14-33-15-10-27/h1-10,14,23,29,33H,11-13,15-22,24-25H2,(H,34,38). The van der Waals surface area contributed by atoms with Crippen LogP contribution in [0.25, 0.3) is 0 Å². The zero-order valence-corrected chi connectivity index (χ0v) is 22.9. The van der Waals surface area contributed by atoms with Crippen LogP contribution in [-0.2, 0) is 17.8 Å². The number of carbonyl (C=O) groups is 2. The smallest absolute Gasteiger partial charge is 0.251 e. The summed E-state index contributed by atoms with van der Waals surface area (Å²) in [5.74, 6) is 0.463. The predicted molar refractivity (Wildman–Crippen MR) is 155 cm³/mol. The molecule has 0 bridgehead atoms. The third kappa shape index (κ3) is 7.80. The Balaban J connectivity index is 1.03. The first kappa shape index (κ1) is 27.2. The van der Waals surface area contributed by atoms with E-state index < -0.39 is 0 Å². The lowest BCUT2D eigenvalue weighted by Gasteiger charge is -2.38. The highest BCUT2D eigenvalue weighted by Crippen LogP contribution is 2.22. The predicted octanol–water partition coefficient (Wildman–Crippen LogP) is 3.06. The van der Waals surface area contributed by atoms with Crippen molar-refractivity contribution in [2.75, 3.05) is 58.9 Å². The van der Waals surface area contributed by atoms with Crippen molar-refractivity contribution in [2.24, 2.45) is 5.92 Å². The van der Waals surface area contributed by atoms with Crippen LogP contribution >= 0.6 is 0 Å². The van der Waals surface area contributed by atoms with Gasteiger partial charge < -0.3 is 15.5 Å². The van der Waals surface area contributed by atoms with Gasteiger partial charge in [0.25, 0.3) is 5.91 Å². The van der Waals surface area contributed by atoms with E-state index in [4.69, 9.17) is 0 Å². The first-order valence-electron chi connectivity index (χ1n) is 14.4. The van der Waals surface area contributed by atoms with Crippen molar-refractivity contribution in [3.63, 3.8) is 0 Å². The fourth-order valence-corrected chi connectivity index (χ4v) is 5.73. The second kappa shape index (κ2) is 13.6. The number of hydrogen-bond acceptors (Lipinski definition) is 5. The van der Waals surface area contributed by atoms with Gasteiger partial charge in [-0.2, -0.15) is 0 Å². The van der Waals surface area contributed by atoms with Crippen LogP contribution < -0.4 is 10.6 Å². The second-order valence-electron chi connectivity index (χ2n) is 10.9. The Morgan fingerprint density at radius 3 is 2.33 bits per heavy atom. The summed E-state index contributed by atoms with van der Waals surface area (Å²) in [5.41, 5.74) is 4.42. The van der Waals surface area contributed by atoms with Crippen molar-refractivity contribution in [2.45, 2.75) is 25.8 Å². The monoisotopic (exact) mass is 527 g/mol. The van der Waals surface area contributed by atoms with Crippen LogP contribution in [0.1, 0.15) is 34.3 Å². The number of hydrogen-bond donors (Lipinski definition) is 2. The molecule has 2 fully saturated rings. The number of piperidine rings is 1. The van der Waals surface area contributed by atoms with Crippen LogP contribution in [-0.4, -0.2) is 85.4 Å². The SMILES string of the molecule is O=C(NCCc1ccccc1)c1cccc(CN2CCN(C(=O)C3CCN(CC4=CCNC=C4)CC3)CC2)c1. The molecule has 2 N–H and O–H groups in total. The fraction of sp³-hybridized carbons (Fsp3) is 0.438. The fourth-order valence-electron chi connectivity index (χ4n) is 5.73. The molecule has 0 saturated carbocycles. The molecule has 2 saturated heterocycles. The number of nitrogens with one attached hydrogen (secondary N) is 2. The molecule has 2 aromatic carbocycles. The van der Waals surface area contributed by atoms with E-state index in [1.807, 2.05) is 42.6 Å². The minimum atomic E-state index is -0.0295. The lowest BCUT2D eigenvalue weighted by atomic mass is 9.94. The molecule has 206 valence electrons. The summed E-state index contributed by atoms with van der Waals surface area (Å²) in [7, 11) is 0. The number of nitrogens with zero attached hydrogens (tertiary/aromatic N) is 3. The van der Waals surface area contributed by atoms with E-state index in [1.54, 1.807) is 0 Å². The van der Waals surface area contributed by atoms with Gasteiger partial charge in [-0.3, -0.25) is 19.4 Å². The summed E-state index contributed by atoms with van der Waals surface area (Å²) in [6.07, 6.45) is 9.14. The number of amides is 2. The van der Waals surface area contributed by atoms with Gasteiger partial charge in [0.05, 0.1) is 0 Å². The van der Waals surface area contributed by atoms with Crippen LogP contribution in [0.4, 0.5) is 0 Å². The van der Waals surface area contributed by atoms with Crippen molar-refractivity contribution in [1.82, 2.24) is 25.3 Å². The van der Waals surface area contributed by atoms with Gasteiger partial charge in [0.1, 0.15) is 0 Å². The molecule has 3 aliphatic rings. The summed E-state index contributed by atoms with van der Waals surface area (Å²) in [6.45, 7) is 8.58. The number of carbonyl (C=O) groups excluding carboxylic acids is 2. The van der Waals surface area contributed by atoms with Gasteiger partial charge in [-0.25, -0.2) is 0 Å². The third-order valence-electron chi connectivity index (χ3n) is 8.06. The molecule has 5 rings (SSSR count). The summed E-state index contributed by atoms with van der Waals surface area (Å²) in [4.78, 5) is 32.8. The highest BCUT2D eigenvalue weighted by Gasteiger charge is 2.30. The molecule has 3 aliphatic heterocycles. The Bertz CT molecular complexity index is 1160. The molecule has 0 unspecified atom stereocenters. The molecule has 0 spiro atoms. The Hall–Kier alpha value is -3.42. The Labute approximate surface area is 232 Å². The average molecular weight is 528 g/mol. The molecular weight excluding hydrogens is 486 g/mol. The molecule has 7 heteroatoms. The summed E-state index contributed by atoms with van der Waals surface area (Å²) in [6, 6.07) is 18.1. The number of benzene rings is 2. The van der Waals surface area contributed by atoms with E-state index in [9.17, 15) is 9.59 Å². The number of dihydropyridines is 1. The lowest BCUT2D eigenvalue weighted by molar-refractivity contribution is -0.138. The molecule has 3 heterocycles. The zero-order valence-electron chi connectivity index (χ0n) is 22.9. The van der Waals surface area contributed by atoms with E-state index in [0.717, 1.165) is 83.7 Å². The van der Waals surface area contributed by atoms with E-state index in [1.165, 1.54) is 11.1 Å². The van der Waals surface area contributed by atoms with E-state index >= 15 is 0 Å². The van der Waals surface area contributed by atoms with Crippen molar-refractivity contribution < 1.29 is 9.59 Å². The molecule has 0 aliphatic carbocycles. The first-order valence-corrected chi connectivity index (χ1v) is 14.4. The van der Waals surface area contributed by atoms with Gasteiger partial charge in [-0.1, -0.05) is 48.5 Å².